The van der Waals surface area contributed by atoms with Gasteiger partial charge in [-0.05, 0) is 24.6 Å². The minimum absolute atomic E-state index is 0.324. The maximum Gasteiger partial charge on any atom is 0.119 e. The van der Waals surface area contributed by atoms with Crippen LogP contribution >= 0.6 is 0 Å². The third-order valence-corrected chi connectivity index (χ3v) is 2.17. The first-order chi connectivity index (χ1) is 7.07. The van der Waals surface area contributed by atoms with E-state index in [1.165, 1.54) is 0 Å². The second kappa shape index (κ2) is 5.14. The number of hydrogen-bond donors (Lipinski definition) is 1. The van der Waals surface area contributed by atoms with Crippen LogP contribution in [0.4, 0.5) is 0 Å². The van der Waals surface area contributed by atoms with Crippen LogP contribution in [0.15, 0.2) is 24.3 Å². The highest BCUT2D eigenvalue weighted by molar-refractivity contribution is 5.29. The first-order valence-electron chi connectivity index (χ1n) is 4.91. The molecule has 0 aliphatic carbocycles. The molecule has 0 aromatic heterocycles. The van der Waals surface area contributed by atoms with Crippen molar-refractivity contribution in [3.05, 3.63) is 29.8 Å². The number of methoxy groups -OCH3 is 2. The summed E-state index contributed by atoms with van der Waals surface area (Å²) in [4.78, 5) is 0. The van der Waals surface area contributed by atoms with E-state index in [0.29, 0.717) is 13.0 Å². The minimum atomic E-state index is -0.832. The van der Waals surface area contributed by atoms with Crippen LogP contribution in [0.2, 0.25) is 0 Å². The van der Waals surface area contributed by atoms with Crippen molar-refractivity contribution in [3.8, 4) is 5.75 Å². The van der Waals surface area contributed by atoms with Crippen molar-refractivity contribution in [2.24, 2.45) is 0 Å². The fraction of sp³-hybridized carbons (Fsp3) is 0.500. The molecule has 0 radical (unpaired) electrons. The van der Waals surface area contributed by atoms with Crippen molar-refractivity contribution in [3.63, 3.8) is 0 Å². The van der Waals surface area contributed by atoms with Gasteiger partial charge in [-0.15, -0.1) is 0 Å². The third kappa shape index (κ3) is 3.90. The predicted octanol–water partition coefficient (Wildman–Crippen LogP) is 1.64. The monoisotopic (exact) mass is 210 g/mol. The average Bonchev–Trinajstić information content (AvgIpc) is 2.17. The summed E-state index contributed by atoms with van der Waals surface area (Å²) in [5, 5.41) is 9.97. The molecular weight excluding hydrogens is 192 g/mol. The van der Waals surface area contributed by atoms with Crippen LogP contribution in [-0.2, 0) is 11.2 Å². The summed E-state index contributed by atoms with van der Waals surface area (Å²) < 4.78 is 10.1. The van der Waals surface area contributed by atoms with Crippen LogP contribution in [0.1, 0.15) is 12.5 Å². The zero-order valence-corrected chi connectivity index (χ0v) is 9.49. The molecule has 0 saturated carbocycles. The molecule has 3 heteroatoms. The van der Waals surface area contributed by atoms with E-state index in [-0.39, 0.29) is 0 Å². The lowest BCUT2D eigenvalue weighted by Crippen LogP contribution is -2.32. The van der Waals surface area contributed by atoms with Crippen LogP contribution in [0.25, 0.3) is 0 Å². The first-order valence-corrected chi connectivity index (χ1v) is 4.91. The van der Waals surface area contributed by atoms with Crippen molar-refractivity contribution in [1.29, 1.82) is 0 Å². The van der Waals surface area contributed by atoms with Gasteiger partial charge in [0.25, 0.3) is 0 Å². The second-order valence-corrected chi connectivity index (χ2v) is 3.96. The Morgan fingerprint density at radius 1 is 1.33 bits per heavy atom. The SMILES string of the molecule is COCC(C)(O)Cc1cccc(OC)c1. The number of hydrogen-bond acceptors (Lipinski definition) is 3. The summed E-state index contributed by atoms with van der Waals surface area (Å²) in [5.74, 6) is 0.806. The Bertz CT molecular complexity index is 307. The summed E-state index contributed by atoms with van der Waals surface area (Å²) in [6.07, 6.45) is 0.554. The van der Waals surface area contributed by atoms with E-state index in [1.807, 2.05) is 24.3 Å². The second-order valence-electron chi connectivity index (χ2n) is 3.96. The van der Waals surface area contributed by atoms with Gasteiger partial charge in [-0.3, -0.25) is 0 Å². The van der Waals surface area contributed by atoms with Gasteiger partial charge in [0.05, 0.1) is 19.3 Å². The van der Waals surface area contributed by atoms with Gasteiger partial charge in [-0.25, -0.2) is 0 Å². The predicted molar refractivity (Wildman–Crippen MR) is 59.2 cm³/mol. The number of benzene rings is 1. The zero-order chi connectivity index (χ0) is 11.3. The molecule has 0 aliphatic heterocycles. The minimum Gasteiger partial charge on any atom is -0.497 e. The molecule has 1 aromatic rings. The standard InChI is InChI=1S/C12H18O3/c1-12(13,9-14-2)8-10-5-4-6-11(7-10)15-3/h4-7,13H,8-9H2,1-3H3. The molecule has 3 nitrogen and oxygen atoms in total. The molecule has 0 bridgehead atoms. The highest BCUT2D eigenvalue weighted by atomic mass is 16.5. The molecule has 1 N–H and O–H groups in total. The molecule has 1 rings (SSSR count). The molecule has 1 unspecified atom stereocenters. The molecule has 0 fully saturated rings. The lowest BCUT2D eigenvalue weighted by molar-refractivity contribution is -0.0161. The fourth-order valence-corrected chi connectivity index (χ4v) is 1.58. The topological polar surface area (TPSA) is 38.7 Å². The van der Waals surface area contributed by atoms with Crippen molar-refractivity contribution in [2.45, 2.75) is 18.9 Å². The molecule has 0 aliphatic rings. The smallest absolute Gasteiger partial charge is 0.119 e. The lowest BCUT2D eigenvalue weighted by atomic mass is 9.97. The van der Waals surface area contributed by atoms with Crippen molar-refractivity contribution in [2.75, 3.05) is 20.8 Å². The normalized spacial score (nSPS) is 14.7. The molecule has 1 atom stereocenters. The third-order valence-electron chi connectivity index (χ3n) is 2.17. The van der Waals surface area contributed by atoms with Gasteiger partial charge in [-0.1, -0.05) is 12.1 Å². The van der Waals surface area contributed by atoms with Gasteiger partial charge >= 0.3 is 0 Å². The van der Waals surface area contributed by atoms with Crippen LogP contribution in [0, 0.1) is 0 Å². The summed E-state index contributed by atoms with van der Waals surface area (Å²) in [6, 6.07) is 7.68. The van der Waals surface area contributed by atoms with E-state index in [9.17, 15) is 5.11 Å². The van der Waals surface area contributed by atoms with E-state index >= 15 is 0 Å². The number of aliphatic hydroxyl groups is 1. The number of rotatable bonds is 5. The summed E-state index contributed by atoms with van der Waals surface area (Å²) in [5.41, 5.74) is 0.206. The Morgan fingerprint density at radius 2 is 2.07 bits per heavy atom. The molecule has 0 heterocycles. The van der Waals surface area contributed by atoms with Gasteiger partial charge < -0.3 is 14.6 Å². The fourth-order valence-electron chi connectivity index (χ4n) is 1.58. The molecule has 1 aromatic carbocycles. The quantitative estimate of drug-likeness (QED) is 0.803. The summed E-state index contributed by atoms with van der Waals surface area (Å²) >= 11 is 0. The van der Waals surface area contributed by atoms with Crippen molar-refractivity contribution in [1.82, 2.24) is 0 Å². The zero-order valence-electron chi connectivity index (χ0n) is 9.49. The number of ether oxygens (including phenoxy) is 2. The van der Waals surface area contributed by atoms with Gasteiger partial charge in [0.1, 0.15) is 5.75 Å². The Morgan fingerprint density at radius 3 is 2.67 bits per heavy atom. The van der Waals surface area contributed by atoms with Crippen LogP contribution in [-0.4, -0.2) is 31.5 Å². The van der Waals surface area contributed by atoms with Crippen molar-refractivity contribution >= 4 is 0 Å². The van der Waals surface area contributed by atoms with Crippen molar-refractivity contribution < 1.29 is 14.6 Å². The maximum absolute atomic E-state index is 9.97. The Labute approximate surface area is 90.6 Å². The van der Waals surface area contributed by atoms with Crippen LogP contribution < -0.4 is 4.74 Å². The largest absolute Gasteiger partial charge is 0.497 e. The Balaban J connectivity index is 2.71. The molecule has 15 heavy (non-hydrogen) atoms. The first kappa shape index (κ1) is 12.0. The van der Waals surface area contributed by atoms with E-state index < -0.39 is 5.60 Å². The Kier molecular flexibility index (Phi) is 4.12. The lowest BCUT2D eigenvalue weighted by Gasteiger charge is -2.22. The van der Waals surface area contributed by atoms with Gasteiger partial charge in [0.2, 0.25) is 0 Å². The van der Waals surface area contributed by atoms with E-state index in [1.54, 1.807) is 21.1 Å². The summed E-state index contributed by atoms with van der Waals surface area (Å²) in [6.45, 7) is 2.08. The van der Waals surface area contributed by atoms with E-state index in [2.05, 4.69) is 0 Å². The highest BCUT2D eigenvalue weighted by Gasteiger charge is 2.20. The van der Waals surface area contributed by atoms with Gasteiger partial charge in [0, 0.05) is 13.5 Å². The van der Waals surface area contributed by atoms with E-state index in [0.717, 1.165) is 11.3 Å². The molecular formula is C12H18O3. The highest BCUT2D eigenvalue weighted by Crippen LogP contribution is 2.18. The average molecular weight is 210 g/mol. The molecule has 0 saturated heterocycles. The van der Waals surface area contributed by atoms with Crippen LogP contribution in [0.5, 0.6) is 5.75 Å². The summed E-state index contributed by atoms with van der Waals surface area (Å²) in [7, 11) is 3.21. The van der Waals surface area contributed by atoms with Gasteiger partial charge in [0.15, 0.2) is 0 Å². The van der Waals surface area contributed by atoms with Gasteiger partial charge in [-0.2, -0.15) is 0 Å². The molecule has 84 valence electrons. The van der Waals surface area contributed by atoms with Crippen LogP contribution in [0.3, 0.4) is 0 Å². The van der Waals surface area contributed by atoms with E-state index in [4.69, 9.17) is 9.47 Å². The molecule has 0 amide bonds. The Hall–Kier alpha value is -1.06. The molecule has 0 spiro atoms. The maximum atomic E-state index is 9.97.